The molecule has 8 nitrogen and oxygen atoms in total. The summed E-state index contributed by atoms with van der Waals surface area (Å²) in [6.07, 6.45) is 27.5. The molecule has 1 aliphatic heterocycles. The van der Waals surface area contributed by atoms with Crippen molar-refractivity contribution >= 4 is 32.4 Å². The summed E-state index contributed by atoms with van der Waals surface area (Å²) >= 11 is 0. The lowest BCUT2D eigenvalue weighted by Crippen LogP contribution is -2.30. The first kappa shape index (κ1) is 45.6. The molecule has 0 aliphatic carbocycles. The number of benzene rings is 2. The lowest BCUT2D eigenvalue weighted by atomic mass is 10.0. The van der Waals surface area contributed by atoms with Crippen molar-refractivity contribution in [1.29, 1.82) is 0 Å². The van der Waals surface area contributed by atoms with E-state index in [-0.39, 0.29) is 16.6 Å². The highest BCUT2D eigenvalue weighted by molar-refractivity contribution is 7.90. The van der Waals surface area contributed by atoms with Crippen molar-refractivity contribution < 1.29 is 26.9 Å². The molecule has 2 aromatic rings. The molecule has 0 fully saturated rings. The van der Waals surface area contributed by atoms with Crippen LogP contribution >= 0.6 is 0 Å². The van der Waals surface area contributed by atoms with E-state index in [2.05, 4.69) is 25.5 Å². The predicted octanol–water partition coefficient (Wildman–Crippen LogP) is 10.8. The van der Waals surface area contributed by atoms with Crippen LogP contribution in [0, 0.1) is 0 Å². The molecule has 3 rings (SSSR count). The molecule has 2 atom stereocenters. The van der Waals surface area contributed by atoms with Crippen molar-refractivity contribution in [1.82, 2.24) is 4.72 Å². The Morgan fingerprint density at radius 3 is 1.73 bits per heavy atom. The van der Waals surface area contributed by atoms with E-state index in [9.17, 15) is 17.4 Å². The first-order valence-corrected chi connectivity index (χ1v) is 23.2. The van der Waals surface area contributed by atoms with Gasteiger partial charge in [-0.3, -0.25) is 9.00 Å². The molecule has 296 valence electrons. The van der Waals surface area contributed by atoms with Gasteiger partial charge in [-0.1, -0.05) is 149 Å². The number of rotatable bonds is 28. The standard InChI is InChI=1S/C24H42N2O3S.C18H28O3S/c1-2-3-4-5-6-7-8-9-10-11-12-13-14-15-16-17-24(27)26-30(28,29)23-20-18-22(25)19-21-23;1-3-4-5-6-7-8-11-22(19)15(2)12-16-9-10-17-18(13-16)21-14-20-17/h18-21H,2-17,25H2,1H3,(H,26,27);9-10,13,15H,3-8,11-12,14H2,1-2H3. The lowest BCUT2D eigenvalue weighted by molar-refractivity contribution is -0.119. The van der Waals surface area contributed by atoms with E-state index in [0.29, 0.717) is 12.5 Å². The van der Waals surface area contributed by atoms with Gasteiger partial charge in [-0.25, -0.2) is 13.1 Å². The summed E-state index contributed by atoms with van der Waals surface area (Å²) in [6, 6.07) is 11.8. The number of sulfonamides is 1. The number of amides is 1. The highest BCUT2D eigenvalue weighted by Crippen LogP contribution is 2.33. The number of hydrogen-bond acceptors (Lipinski definition) is 7. The first-order valence-electron chi connectivity index (χ1n) is 20.3. The molecule has 0 radical (unpaired) electrons. The maximum absolute atomic E-state index is 12.3. The van der Waals surface area contributed by atoms with Gasteiger partial charge in [-0.2, -0.15) is 0 Å². The average molecular weight is 763 g/mol. The SMILES string of the molecule is CCCCCCCCCCCCCCCCCC(=O)NS(=O)(=O)c1ccc(N)cc1.CCCCCCCCS(=O)C(C)Cc1ccc2c(c1)OCO2. The Kier molecular flexibility index (Phi) is 24.5. The van der Waals surface area contributed by atoms with E-state index in [0.717, 1.165) is 49.4 Å². The number of carbonyl (C=O) groups excluding carboxylic acids is 1. The molecule has 2 unspecified atom stereocenters. The molecule has 1 amide bonds. The lowest BCUT2D eigenvalue weighted by Gasteiger charge is -2.12. The third-order valence-corrected chi connectivity index (χ3v) is 12.7. The fraction of sp³-hybridized carbons (Fsp3) is 0.690. The number of hydrogen-bond donors (Lipinski definition) is 2. The molecular weight excluding hydrogens is 693 g/mol. The molecule has 0 bridgehead atoms. The smallest absolute Gasteiger partial charge is 0.264 e. The second-order valence-electron chi connectivity index (χ2n) is 14.4. The van der Waals surface area contributed by atoms with Crippen LogP contribution in [-0.4, -0.2) is 36.3 Å². The van der Waals surface area contributed by atoms with E-state index in [1.165, 1.54) is 139 Å². The Labute approximate surface area is 319 Å². The van der Waals surface area contributed by atoms with Gasteiger partial charge in [0, 0.05) is 33.9 Å². The summed E-state index contributed by atoms with van der Waals surface area (Å²) in [7, 11) is -4.54. The number of carbonyl (C=O) groups is 1. The molecule has 0 aromatic heterocycles. The highest BCUT2D eigenvalue weighted by atomic mass is 32.2. The number of fused-ring (bicyclic) bond motifs is 1. The second kappa shape index (κ2) is 27.9. The van der Waals surface area contributed by atoms with Crippen LogP contribution in [0.1, 0.15) is 168 Å². The van der Waals surface area contributed by atoms with E-state index in [4.69, 9.17) is 15.2 Å². The number of nitrogens with two attached hydrogens (primary N) is 1. The largest absolute Gasteiger partial charge is 0.454 e. The minimum absolute atomic E-state index is 0.0570. The Morgan fingerprint density at radius 1 is 0.712 bits per heavy atom. The minimum Gasteiger partial charge on any atom is -0.454 e. The maximum Gasteiger partial charge on any atom is 0.264 e. The Bertz CT molecular complexity index is 1370. The molecular formula is C42H70N2O6S2. The van der Waals surface area contributed by atoms with Gasteiger partial charge < -0.3 is 15.2 Å². The number of unbranched alkanes of at least 4 members (excludes halogenated alkanes) is 19. The summed E-state index contributed by atoms with van der Waals surface area (Å²) in [6.45, 7) is 6.87. The van der Waals surface area contributed by atoms with Crippen molar-refractivity contribution in [2.75, 3.05) is 18.3 Å². The molecule has 52 heavy (non-hydrogen) atoms. The predicted molar refractivity (Wildman–Crippen MR) is 218 cm³/mol. The van der Waals surface area contributed by atoms with Crippen LogP contribution in [0.15, 0.2) is 47.4 Å². The van der Waals surface area contributed by atoms with Crippen LogP contribution in [-0.2, 0) is 32.0 Å². The fourth-order valence-corrected chi connectivity index (χ4v) is 8.57. The van der Waals surface area contributed by atoms with Crippen LogP contribution in [0.4, 0.5) is 5.69 Å². The Balaban J connectivity index is 0.000000376. The summed E-state index contributed by atoms with van der Waals surface area (Å²) in [5.41, 5.74) is 7.22. The zero-order valence-corrected chi connectivity index (χ0v) is 34.3. The van der Waals surface area contributed by atoms with Crippen molar-refractivity contribution in [2.45, 2.75) is 179 Å². The second-order valence-corrected chi connectivity index (χ2v) is 18.0. The zero-order chi connectivity index (χ0) is 37.9. The topological polar surface area (TPSA) is 125 Å². The van der Waals surface area contributed by atoms with Crippen molar-refractivity contribution in [3.63, 3.8) is 0 Å². The Morgan fingerprint density at radius 2 is 1.19 bits per heavy atom. The molecule has 0 saturated carbocycles. The van der Waals surface area contributed by atoms with Crippen LogP contribution in [0.25, 0.3) is 0 Å². The van der Waals surface area contributed by atoms with E-state index < -0.39 is 26.7 Å². The normalized spacial score (nSPS) is 13.3. The summed E-state index contributed by atoms with van der Waals surface area (Å²) in [5, 5.41) is 0.191. The van der Waals surface area contributed by atoms with Gasteiger partial charge in [0.15, 0.2) is 11.5 Å². The molecule has 0 saturated heterocycles. The van der Waals surface area contributed by atoms with Gasteiger partial charge in [0.25, 0.3) is 10.0 Å². The van der Waals surface area contributed by atoms with E-state index >= 15 is 0 Å². The molecule has 10 heteroatoms. The van der Waals surface area contributed by atoms with Gasteiger partial charge in [0.1, 0.15) is 0 Å². The monoisotopic (exact) mass is 762 g/mol. The van der Waals surface area contributed by atoms with Crippen molar-refractivity contribution in [3.05, 3.63) is 48.0 Å². The first-order chi connectivity index (χ1) is 25.2. The highest BCUT2D eigenvalue weighted by Gasteiger charge is 2.18. The quantitative estimate of drug-likeness (QED) is 0.0653. The summed E-state index contributed by atoms with van der Waals surface area (Å²) in [4.78, 5) is 12.0. The van der Waals surface area contributed by atoms with Gasteiger partial charge in [0.05, 0.1) is 4.90 Å². The molecule has 1 aliphatic rings. The number of nitrogens with one attached hydrogen (secondary N) is 1. The van der Waals surface area contributed by atoms with Crippen LogP contribution < -0.4 is 19.9 Å². The van der Waals surface area contributed by atoms with Crippen molar-refractivity contribution in [3.8, 4) is 11.5 Å². The fourth-order valence-electron chi connectivity index (χ4n) is 6.28. The van der Waals surface area contributed by atoms with Gasteiger partial charge >= 0.3 is 0 Å². The number of anilines is 1. The molecule has 1 heterocycles. The van der Waals surface area contributed by atoms with E-state index in [1.807, 2.05) is 18.2 Å². The third-order valence-electron chi connectivity index (χ3n) is 9.55. The van der Waals surface area contributed by atoms with Gasteiger partial charge in [-0.05, 0) is 61.2 Å². The summed E-state index contributed by atoms with van der Waals surface area (Å²) in [5.74, 6) is 2.01. The number of nitrogen functional groups attached to an aromatic ring is 1. The number of ether oxygens (including phenoxy) is 2. The summed E-state index contributed by atoms with van der Waals surface area (Å²) < 4.78 is 49.5. The van der Waals surface area contributed by atoms with Crippen LogP contribution in [0.2, 0.25) is 0 Å². The zero-order valence-electron chi connectivity index (χ0n) is 32.6. The van der Waals surface area contributed by atoms with E-state index in [1.54, 1.807) is 0 Å². The molecule has 2 aromatic carbocycles. The third kappa shape index (κ3) is 20.6. The molecule has 3 N–H and O–H groups in total. The minimum atomic E-state index is -3.80. The van der Waals surface area contributed by atoms with Gasteiger partial charge in [-0.15, -0.1) is 0 Å². The van der Waals surface area contributed by atoms with Crippen molar-refractivity contribution in [2.24, 2.45) is 0 Å². The van der Waals surface area contributed by atoms with Gasteiger partial charge in [0.2, 0.25) is 12.7 Å². The maximum atomic E-state index is 12.3. The molecule has 0 spiro atoms. The Hall–Kier alpha value is -2.59. The van der Waals surface area contributed by atoms with Crippen LogP contribution in [0.3, 0.4) is 0 Å². The average Bonchev–Trinajstić information content (AvgIpc) is 3.60. The van der Waals surface area contributed by atoms with Crippen LogP contribution in [0.5, 0.6) is 11.5 Å².